The van der Waals surface area contributed by atoms with E-state index in [0.717, 1.165) is 29.7 Å². The maximum Gasteiger partial charge on any atom is 0.273 e. The van der Waals surface area contributed by atoms with Crippen molar-refractivity contribution in [3.05, 3.63) is 27.2 Å². The summed E-state index contributed by atoms with van der Waals surface area (Å²) in [5, 5.41) is 6.26. The number of carbonyl (C=O) groups is 1. The molecule has 20 heavy (non-hydrogen) atoms. The lowest BCUT2D eigenvalue weighted by Gasteiger charge is -2.11. The van der Waals surface area contributed by atoms with Gasteiger partial charge in [0.1, 0.15) is 0 Å². The van der Waals surface area contributed by atoms with E-state index < -0.39 is 0 Å². The van der Waals surface area contributed by atoms with Gasteiger partial charge >= 0.3 is 0 Å². The number of fused-ring (bicyclic) bond motifs is 1. The highest BCUT2D eigenvalue weighted by Gasteiger charge is 2.29. The van der Waals surface area contributed by atoms with Crippen molar-refractivity contribution in [1.82, 2.24) is 20.1 Å². The molecule has 2 heterocycles. The van der Waals surface area contributed by atoms with Crippen molar-refractivity contribution in [1.29, 1.82) is 0 Å². The van der Waals surface area contributed by atoms with Gasteiger partial charge in [-0.2, -0.15) is 0 Å². The first kappa shape index (κ1) is 12.9. The second-order valence-corrected chi connectivity index (χ2v) is 5.49. The minimum absolute atomic E-state index is 0.103. The molecule has 1 amide bonds. The van der Waals surface area contributed by atoms with Crippen molar-refractivity contribution in [2.45, 2.75) is 33.2 Å². The number of aryl methyl sites for hydroxylation is 3. The number of H-pyrrole nitrogens is 1. The molecule has 1 aliphatic carbocycles. The minimum atomic E-state index is -0.137. The van der Waals surface area contributed by atoms with E-state index in [0.29, 0.717) is 17.6 Å². The van der Waals surface area contributed by atoms with Crippen molar-refractivity contribution in [2.24, 2.45) is 13.0 Å². The number of amides is 1. The van der Waals surface area contributed by atoms with E-state index in [4.69, 9.17) is 0 Å². The van der Waals surface area contributed by atoms with Crippen LogP contribution in [0.25, 0.3) is 11.0 Å². The first-order valence-electron chi connectivity index (χ1n) is 6.81. The maximum absolute atomic E-state index is 11.9. The van der Waals surface area contributed by atoms with Gasteiger partial charge in [-0.3, -0.25) is 19.4 Å². The van der Waals surface area contributed by atoms with Crippen LogP contribution in [0.5, 0.6) is 0 Å². The van der Waals surface area contributed by atoms with Gasteiger partial charge in [-0.25, -0.2) is 4.98 Å². The van der Waals surface area contributed by atoms with Crippen molar-refractivity contribution in [3.63, 3.8) is 0 Å². The summed E-state index contributed by atoms with van der Waals surface area (Å²) in [6.45, 7) is 4.25. The van der Waals surface area contributed by atoms with Gasteiger partial charge in [0.25, 0.3) is 5.56 Å². The Morgan fingerprint density at radius 3 is 2.80 bits per heavy atom. The molecule has 0 aliphatic heterocycles. The largest absolute Gasteiger partial charge is 0.352 e. The van der Waals surface area contributed by atoms with Crippen LogP contribution in [0.3, 0.4) is 0 Å². The summed E-state index contributed by atoms with van der Waals surface area (Å²) >= 11 is 0. The summed E-state index contributed by atoms with van der Waals surface area (Å²) in [7, 11) is 1.77. The third-order valence-electron chi connectivity index (χ3n) is 3.96. The van der Waals surface area contributed by atoms with Crippen LogP contribution in [0.4, 0.5) is 0 Å². The lowest BCUT2D eigenvalue weighted by atomic mass is 10.0. The summed E-state index contributed by atoms with van der Waals surface area (Å²) in [6, 6.07) is 0. The fourth-order valence-corrected chi connectivity index (χ4v) is 2.57. The maximum atomic E-state index is 11.9. The van der Waals surface area contributed by atoms with Gasteiger partial charge < -0.3 is 5.32 Å². The Bertz CT molecular complexity index is 753. The van der Waals surface area contributed by atoms with E-state index >= 15 is 0 Å². The highest BCUT2D eigenvalue weighted by atomic mass is 16.2. The topological polar surface area (TPSA) is 79.8 Å². The van der Waals surface area contributed by atoms with Crippen LogP contribution < -0.4 is 10.9 Å². The van der Waals surface area contributed by atoms with Crippen LogP contribution in [-0.2, 0) is 18.4 Å². The molecule has 1 fully saturated rings. The molecule has 1 saturated carbocycles. The third kappa shape index (κ3) is 2.01. The number of aromatic nitrogens is 3. The number of nitrogens with zero attached hydrogens (tertiary/aromatic N) is 2. The first-order valence-corrected chi connectivity index (χ1v) is 6.81. The third-order valence-corrected chi connectivity index (χ3v) is 3.96. The van der Waals surface area contributed by atoms with E-state index in [-0.39, 0.29) is 17.4 Å². The molecule has 0 bridgehead atoms. The Kier molecular flexibility index (Phi) is 2.88. The Balaban J connectivity index is 1.99. The predicted molar refractivity (Wildman–Crippen MR) is 75.4 cm³/mol. The predicted octanol–water partition coefficient (Wildman–Crippen LogP) is 0.905. The fraction of sp³-hybridized carbons (Fsp3) is 0.500. The Morgan fingerprint density at radius 1 is 1.45 bits per heavy atom. The van der Waals surface area contributed by atoms with Gasteiger partial charge in [0.2, 0.25) is 5.91 Å². The van der Waals surface area contributed by atoms with Gasteiger partial charge in [0.05, 0.1) is 5.39 Å². The zero-order chi connectivity index (χ0) is 14.4. The van der Waals surface area contributed by atoms with Crippen LogP contribution in [-0.4, -0.2) is 20.7 Å². The molecule has 2 N–H and O–H groups in total. The Labute approximate surface area is 116 Å². The smallest absolute Gasteiger partial charge is 0.273 e. The molecular formula is C14H18N4O2. The average Bonchev–Trinajstić information content (AvgIpc) is 3.17. The van der Waals surface area contributed by atoms with E-state index in [1.807, 2.05) is 13.8 Å². The molecule has 2 aromatic rings. The molecule has 106 valence electrons. The molecule has 0 radical (unpaired) electrons. The van der Waals surface area contributed by atoms with Crippen LogP contribution >= 0.6 is 0 Å². The lowest BCUT2D eigenvalue weighted by Crippen LogP contribution is -2.25. The van der Waals surface area contributed by atoms with Crippen molar-refractivity contribution < 1.29 is 4.79 Å². The fourth-order valence-electron chi connectivity index (χ4n) is 2.57. The number of nitrogens with one attached hydrogen (secondary N) is 2. The number of rotatable bonds is 3. The number of hydrogen-bond acceptors (Lipinski definition) is 3. The SMILES string of the molecule is Cc1nc2c(c(C)c1CNC(=O)C1CC1)c(=O)[nH]n2C. The van der Waals surface area contributed by atoms with Gasteiger partial charge in [-0.1, -0.05) is 0 Å². The molecule has 0 aromatic carbocycles. The normalized spacial score (nSPS) is 14.8. The number of aromatic amines is 1. The average molecular weight is 274 g/mol. The van der Waals surface area contributed by atoms with Crippen LogP contribution in [0.2, 0.25) is 0 Å². The van der Waals surface area contributed by atoms with Gasteiger partial charge in [0.15, 0.2) is 5.65 Å². The summed E-state index contributed by atoms with van der Waals surface area (Å²) in [5.74, 6) is 0.290. The second kappa shape index (κ2) is 4.47. The van der Waals surface area contributed by atoms with E-state index in [2.05, 4.69) is 15.4 Å². The van der Waals surface area contributed by atoms with Gasteiger partial charge in [-0.05, 0) is 37.8 Å². The van der Waals surface area contributed by atoms with Gasteiger partial charge in [-0.15, -0.1) is 0 Å². The molecule has 1 aliphatic rings. The standard InChI is InChI=1S/C14H18N4O2/c1-7-10(6-15-13(19)9-4-5-9)8(2)16-12-11(7)14(20)17-18(12)3/h9H,4-6H2,1-3H3,(H,15,19)(H,17,20). The molecule has 0 atom stereocenters. The molecule has 0 unspecified atom stereocenters. The number of carbonyl (C=O) groups excluding carboxylic acids is 1. The monoisotopic (exact) mass is 274 g/mol. The van der Waals surface area contributed by atoms with Gasteiger partial charge in [0, 0.05) is 25.2 Å². The quantitative estimate of drug-likeness (QED) is 0.873. The summed E-state index contributed by atoms with van der Waals surface area (Å²) in [5.41, 5.74) is 3.19. The molecule has 2 aromatic heterocycles. The molecular weight excluding hydrogens is 256 g/mol. The van der Waals surface area contributed by atoms with Crippen LogP contribution in [0.1, 0.15) is 29.7 Å². The highest BCUT2D eigenvalue weighted by molar-refractivity contribution is 5.82. The first-order chi connectivity index (χ1) is 9.49. The van der Waals surface area contributed by atoms with Crippen molar-refractivity contribution in [3.8, 4) is 0 Å². The van der Waals surface area contributed by atoms with E-state index in [1.165, 1.54) is 0 Å². The summed E-state index contributed by atoms with van der Waals surface area (Å²) in [4.78, 5) is 28.1. The second-order valence-electron chi connectivity index (χ2n) is 5.49. The molecule has 0 saturated heterocycles. The molecule has 0 spiro atoms. The van der Waals surface area contributed by atoms with Crippen molar-refractivity contribution in [2.75, 3.05) is 0 Å². The van der Waals surface area contributed by atoms with E-state index in [9.17, 15) is 9.59 Å². The summed E-state index contributed by atoms with van der Waals surface area (Å²) in [6.07, 6.45) is 1.97. The molecule has 6 nitrogen and oxygen atoms in total. The number of pyridine rings is 1. The molecule has 6 heteroatoms. The minimum Gasteiger partial charge on any atom is -0.352 e. The summed E-state index contributed by atoms with van der Waals surface area (Å²) < 4.78 is 1.63. The Morgan fingerprint density at radius 2 is 2.15 bits per heavy atom. The zero-order valence-corrected chi connectivity index (χ0v) is 11.9. The van der Waals surface area contributed by atoms with Crippen LogP contribution in [0, 0.1) is 19.8 Å². The zero-order valence-electron chi connectivity index (χ0n) is 11.9. The van der Waals surface area contributed by atoms with Crippen LogP contribution in [0.15, 0.2) is 4.79 Å². The van der Waals surface area contributed by atoms with E-state index in [1.54, 1.807) is 11.7 Å². The Hall–Kier alpha value is -2.11. The molecule has 3 rings (SSSR count). The lowest BCUT2D eigenvalue weighted by molar-refractivity contribution is -0.122. The van der Waals surface area contributed by atoms with Crippen molar-refractivity contribution >= 4 is 16.9 Å². The number of hydrogen-bond donors (Lipinski definition) is 2. The highest BCUT2D eigenvalue weighted by Crippen LogP contribution is 2.29.